The highest BCUT2D eigenvalue weighted by Crippen LogP contribution is 2.71. The van der Waals surface area contributed by atoms with E-state index in [1.807, 2.05) is 0 Å². The van der Waals surface area contributed by atoms with E-state index >= 15 is 0 Å². The van der Waals surface area contributed by atoms with E-state index in [1.54, 1.807) is 0 Å². The largest absolute Gasteiger partial charge is 0.324 e. The van der Waals surface area contributed by atoms with E-state index in [4.69, 9.17) is 5.73 Å². The van der Waals surface area contributed by atoms with Gasteiger partial charge in [0.15, 0.2) is 0 Å². The first kappa shape index (κ1) is 13.6. The van der Waals surface area contributed by atoms with Crippen molar-refractivity contribution in [1.29, 1.82) is 0 Å². The summed E-state index contributed by atoms with van der Waals surface area (Å²) in [6.07, 6.45) is 0. The molecule has 100 valence electrons. The van der Waals surface area contributed by atoms with Crippen LogP contribution >= 0.6 is 0 Å². The van der Waals surface area contributed by atoms with Gasteiger partial charge in [0.1, 0.15) is 0 Å². The van der Waals surface area contributed by atoms with Crippen LogP contribution in [0.1, 0.15) is 56.0 Å². The second-order valence-corrected chi connectivity index (χ2v) is 7.24. The molecule has 1 nitrogen and oxygen atoms in total. The first-order valence-corrected chi connectivity index (χ1v) is 6.94. The van der Waals surface area contributed by atoms with Gasteiger partial charge in [0.2, 0.25) is 0 Å². The van der Waals surface area contributed by atoms with Crippen LogP contribution in [-0.2, 0) is 0 Å². The monoisotopic (exact) mass is 245 g/mol. The maximum atomic E-state index is 6.57. The van der Waals surface area contributed by atoms with Crippen LogP contribution in [-0.4, -0.2) is 0 Å². The molecule has 0 spiro atoms. The van der Waals surface area contributed by atoms with Crippen LogP contribution in [0.4, 0.5) is 0 Å². The zero-order valence-electron chi connectivity index (χ0n) is 12.9. The quantitative estimate of drug-likeness (QED) is 0.826. The average molecular weight is 245 g/mol. The third-order valence-corrected chi connectivity index (χ3v) is 5.73. The predicted molar refractivity (Wildman–Crippen MR) is 78.6 cm³/mol. The molecule has 1 unspecified atom stereocenters. The lowest BCUT2D eigenvalue weighted by Gasteiger charge is -2.19. The van der Waals surface area contributed by atoms with E-state index < -0.39 is 0 Å². The standard InChI is InChI=1S/C17H27N/c1-10-8-12(3)13(9-11(10)2)14(18)15-16(4,5)17(15,6)7/h8-9,14-15H,18H2,1-7H3. The van der Waals surface area contributed by atoms with Crippen molar-refractivity contribution in [2.75, 3.05) is 0 Å². The molecule has 1 aliphatic carbocycles. The topological polar surface area (TPSA) is 26.0 Å². The molecule has 1 heteroatoms. The van der Waals surface area contributed by atoms with Crippen LogP contribution in [0.15, 0.2) is 12.1 Å². The van der Waals surface area contributed by atoms with E-state index in [1.165, 1.54) is 22.3 Å². The van der Waals surface area contributed by atoms with E-state index in [9.17, 15) is 0 Å². The fourth-order valence-electron chi connectivity index (χ4n) is 3.67. The van der Waals surface area contributed by atoms with Crippen molar-refractivity contribution in [3.05, 3.63) is 34.4 Å². The van der Waals surface area contributed by atoms with E-state index in [0.29, 0.717) is 16.7 Å². The summed E-state index contributed by atoms with van der Waals surface area (Å²) in [5.41, 5.74) is 12.6. The summed E-state index contributed by atoms with van der Waals surface area (Å²) < 4.78 is 0. The Hall–Kier alpha value is -0.820. The van der Waals surface area contributed by atoms with Crippen molar-refractivity contribution in [3.8, 4) is 0 Å². The van der Waals surface area contributed by atoms with Crippen LogP contribution in [0.3, 0.4) is 0 Å². The molecule has 0 aliphatic heterocycles. The molecule has 0 aromatic heterocycles. The van der Waals surface area contributed by atoms with Gasteiger partial charge in [0, 0.05) is 6.04 Å². The van der Waals surface area contributed by atoms with E-state index in [2.05, 4.69) is 60.6 Å². The Morgan fingerprint density at radius 1 is 0.889 bits per heavy atom. The van der Waals surface area contributed by atoms with E-state index in [0.717, 1.165) is 0 Å². The minimum atomic E-state index is 0.161. The Labute approximate surface area is 112 Å². The molecule has 0 saturated heterocycles. The van der Waals surface area contributed by atoms with Gasteiger partial charge in [-0.05, 0) is 59.8 Å². The molecule has 1 aromatic carbocycles. The molecule has 1 fully saturated rings. The predicted octanol–water partition coefficient (Wildman–Crippen LogP) is 4.29. The molecule has 0 heterocycles. The molecule has 0 amide bonds. The Kier molecular flexibility index (Phi) is 2.90. The number of aryl methyl sites for hydroxylation is 3. The zero-order chi connectivity index (χ0) is 13.9. The number of benzene rings is 1. The summed E-state index contributed by atoms with van der Waals surface area (Å²) in [7, 11) is 0. The van der Waals surface area contributed by atoms with Gasteiger partial charge in [-0.25, -0.2) is 0 Å². The summed E-state index contributed by atoms with van der Waals surface area (Å²) in [6.45, 7) is 15.9. The van der Waals surface area contributed by atoms with Crippen molar-refractivity contribution in [2.45, 2.75) is 54.5 Å². The summed E-state index contributed by atoms with van der Waals surface area (Å²) in [6, 6.07) is 4.72. The lowest BCUT2D eigenvalue weighted by atomic mass is 9.91. The van der Waals surface area contributed by atoms with Crippen LogP contribution in [0.25, 0.3) is 0 Å². The molecule has 1 aromatic rings. The summed E-state index contributed by atoms with van der Waals surface area (Å²) in [5, 5.41) is 0. The third kappa shape index (κ3) is 1.72. The molecule has 2 rings (SSSR count). The van der Waals surface area contributed by atoms with Crippen LogP contribution in [0.2, 0.25) is 0 Å². The highest BCUT2D eigenvalue weighted by Gasteiger charge is 2.66. The van der Waals surface area contributed by atoms with Gasteiger partial charge >= 0.3 is 0 Å². The summed E-state index contributed by atoms with van der Waals surface area (Å²) in [5.74, 6) is 0.575. The van der Waals surface area contributed by atoms with Crippen molar-refractivity contribution >= 4 is 0 Å². The second kappa shape index (κ2) is 3.84. The van der Waals surface area contributed by atoms with E-state index in [-0.39, 0.29) is 6.04 Å². The number of nitrogens with two attached hydrogens (primary N) is 1. The Bertz CT molecular complexity index is 469. The fraction of sp³-hybridized carbons (Fsp3) is 0.647. The van der Waals surface area contributed by atoms with Gasteiger partial charge in [-0.3, -0.25) is 0 Å². The Balaban J connectivity index is 2.37. The first-order chi connectivity index (χ1) is 8.10. The van der Waals surface area contributed by atoms with Crippen molar-refractivity contribution in [2.24, 2.45) is 22.5 Å². The van der Waals surface area contributed by atoms with Crippen molar-refractivity contribution < 1.29 is 0 Å². The molecule has 18 heavy (non-hydrogen) atoms. The molecular formula is C17H27N. The maximum absolute atomic E-state index is 6.57. The normalized spacial score (nSPS) is 22.9. The lowest BCUT2D eigenvalue weighted by molar-refractivity contribution is 0.457. The molecule has 0 radical (unpaired) electrons. The lowest BCUT2D eigenvalue weighted by Crippen LogP contribution is -2.18. The zero-order valence-corrected chi connectivity index (χ0v) is 12.9. The van der Waals surface area contributed by atoms with Gasteiger partial charge < -0.3 is 5.73 Å². The van der Waals surface area contributed by atoms with Crippen LogP contribution in [0, 0.1) is 37.5 Å². The van der Waals surface area contributed by atoms with Crippen LogP contribution < -0.4 is 5.73 Å². The van der Waals surface area contributed by atoms with Gasteiger partial charge in [0.05, 0.1) is 0 Å². The molecule has 0 bridgehead atoms. The van der Waals surface area contributed by atoms with Gasteiger partial charge in [-0.2, -0.15) is 0 Å². The van der Waals surface area contributed by atoms with Gasteiger partial charge in [0.25, 0.3) is 0 Å². The SMILES string of the molecule is Cc1cc(C)c(C(N)C2C(C)(C)C2(C)C)cc1C. The Morgan fingerprint density at radius 3 is 1.78 bits per heavy atom. The number of hydrogen-bond donors (Lipinski definition) is 1. The molecule has 2 N–H and O–H groups in total. The van der Waals surface area contributed by atoms with Crippen LogP contribution in [0.5, 0.6) is 0 Å². The van der Waals surface area contributed by atoms with Gasteiger partial charge in [-0.1, -0.05) is 39.8 Å². The highest BCUT2D eigenvalue weighted by molar-refractivity contribution is 5.40. The van der Waals surface area contributed by atoms with Gasteiger partial charge in [-0.15, -0.1) is 0 Å². The number of hydrogen-bond acceptors (Lipinski definition) is 1. The summed E-state index contributed by atoms with van der Waals surface area (Å²) >= 11 is 0. The smallest absolute Gasteiger partial charge is 0.0336 e. The molecule has 1 atom stereocenters. The number of rotatable bonds is 2. The third-order valence-electron chi connectivity index (χ3n) is 5.73. The minimum Gasteiger partial charge on any atom is -0.324 e. The van der Waals surface area contributed by atoms with Crippen molar-refractivity contribution in [3.63, 3.8) is 0 Å². The highest BCUT2D eigenvalue weighted by atomic mass is 14.8. The fourth-order valence-corrected chi connectivity index (χ4v) is 3.67. The molecule has 1 saturated carbocycles. The Morgan fingerprint density at radius 2 is 1.33 bits per heavy atom. The summed E-state index contributed by atoms with van der Waals surface area (Å²) in [4.78, 5) is 0. The van der Waals surface area contributed by atoms with Crippen molar-refractivity contribution in [1.82, 2.24) is 0 Å². The maximum Gasteiger partial charge on any atom is 0.0336 e. The molecular weight excluding hydrogens is 218 g/mol. The second-order valence-electron chi connectivity index (χ2n) is 7.24. The molecule has 1 aliphatic rings. The minimum absolute atomic E-state index is 0.161. The first-order valence-electron chi connectivity index (χ1n) is 6.94. The average Bonchev–Trinajstić information content (AvgIpc) is 2.62.